The van der Waals surface area contributed by atoms with E-state index in [0.29, 0.717) is 24.8 Å². The maximum Gasteiger partial charge on any atom is 0.420 e. The molecule has 3 heterocycles. The third-order valence-corrected chi connectivity index (χ3v) is 6.65. The molecule has 3 aromatic rings. The van der Waals surface area contributed by atoms with E-state index in [2.05, 4.69) is 10.2 Å². The van der Waals surface area contributed by atoms with Crippen molar-refractivity contribution in [2.45, 2.75) is 51.9 Å². The summed E-state index contributed by atoms with van der Waals surface area (Å²) in [6, 6.07) is 4.68. The smallest absolute Gasteiger partial charge is 0.378 e. The Labute approximate surface area is 194 Å². The Morgan fingerprint density at radius 2 is 1.91 bits per heavy atom. The molecule has 1 saturated heterocycles. The zero-order chi connectivity index (χ0) is 23.4. The number of nitrogens with zero attached hydrogens (tertiary/aromatic N) is 4. The molecule has 184 valence electrons. The van der Waals surface area contributed by atoms with Crippen LogP contribution in [0.5, 0.6) is 0 Å². The van der Waals surface area contributed by atoms with Crippen LogP contribution in [0.1, 0.15) is 49.7 Å². The molecular weight excluding hydrogens is 455 g/mol. The highest BCUT2D eigenvalue weighted by Gasteiger charge is 2.42. The van der Waals surface area contributed by atoms with Crippen LogP contribution in [-0.4, -0.2) is 39.3 Å². The molecule has 0 N–H and O–H groups in total. The molecule has 1 aliphatic heterocycles. The van der Waals surface area contributed by atoms with E-state index in [0.717, 1.165) is 25.0 Å². The molecule has 10 heteroatoms. The van der Waals surface area contributed by atoms with Gasteiger partial charge in [-0.05, 0) is 43.4 Å². The van der Waals surface area contributed by atoms with Crippen molar-refractivity contribution in [1.82, 2.24) is 19.5 Å². The second-order valence-corrected chi connectivity index (χ2v) is 9.04. The molecule has 34 heavy (non-hydrogen) atoms. The van der Waals surface area contributed by atoms with E-state index in [-0.39, 0.29) is 43.9 Å². The van der Waals surface area contributed by atoms with Gasteiger partial charge in [0.2, 0.25) is 0 Å². The third-order valence-electron chi connectivity index (χ3n) is 6.65. The summed E-state index contributed by atoms with van der Waals surface area (Å²) in [7, 11) is 0. The van der Waals surface area contributed by atoms with Gasteiger partial charge in [0.25, 0.3) is 0 Å². The topological polar surface area (TPSA) is 42.7 Å². The number of alkyl halides is 3. The maximum absolute atomic E-state index is 14.7. The minimum atomic E-state index is -4.65. The fourth-order valence-electron chi connectivity index (χ4n) is 4.62. The number of aromatic nitrogens is 3. The van der Waals surface area contributed by atoms with Gasteiger partial charge in [0, 0.05) is 37.3 Å². The molecular formula is C24H27F5N4O. The van der Waals surface area contributed by atoms with Crippen LogP contribution in [0.25, 0.3) is 5.65 Å². The summed E-state index contributed by atoms with van der Waals surface area (Å²) in [4.78, 5) is 1.75. The summed E-state index contributed by atoms with van der Waals surface area (Å²) in [5.41, 5.74) is -1.94. The number of hydrogen-bond acceptors (Lipinski definition) is 4. The van der Waals surface area contributed by atoms with Crippen LogP contribution in [0.3, 0.4) is 0 Å². The molecule has 0 spiro atoms. The lowest BCUT2D eigenvalue weighted by atomic mass is 9.88. The third kappa shape index (κ3) is 4.40. The van der Waals surface area contributed by atoms with Crippen molar-refractivity contribution in [3.8, 4) is 0 Å². The summed E-state index contributed by atoms with van der Waals surface area (Å²) in [5.74, 6) is -0.511. The molecule has 1 aliphatic carbocycles. The Bertz CT molecular complexity index is 1190. The van der Waals surface area contributed by atoms with Gasteiger partial charge >= 0.3 is 6.18 Å². The highest BCUT2D eigenvalue weighted by Crippen LogP contribution is 2.39. The molecule has 0 bridgehead atoms. The lowest BCUT2D eigenvalue weighted by Gasteiger charge is -2.45. The number of fused-ring (bicyclic) bond motifs is 1. The second-order valence-electron chi connectivity index (χ2n) is 9.04. The number of halogens is 5. The minimum Gasteiger partial charge on any atom is -0.378 e. The van der Waals surface area contributed by atoms with Gasteiger partial charge in [0.05, 0.1) is 18.8 Å². The minimum absolute atomic E-state index is 0. The molecule has 1 atom stereocenters. The van der Waals surface area contributed by atoms with Crippen molar-refractivity contribution in [2.75, 3.05) is 19.8 Å². The van der Waals surface area contributed by atoms with E-state index in [1.54, 1.807) is 18.0 Å². The van der Waals surface area contributed by atoms with Crippen molar-refractivity contribution >= 4 is 5.65 Å². The van der Waals surface area contributed by atoms with E-state index in [1.165, 1.54) is 16.5 Å². The first kappa shape index (κ1) is 24.5. The standard InChI is InChI=1S/C23H23F5N4O.CH4/c1-22(17-5-4-16(24)11-18(17)25)13-33-9-8-31(22)12-15-6-7-32-19(10-14-2-3-14)29-30-21(32)20(15)23(26,27)28;/h4-7,11,14H,2-3,8-10,12-13H2,1H3;1H4. The monoisotopic (exact) mass is 482 g/mol. The molecule has 2 fully saturated rings. The molecule has 0 radical (unpaired) electrons. The van der Waals surface area contributed by atoms with Crippen LogP contribution < -0.4 is 0 Å². The van der Waals surface area contributed by atoms with E-state index in [9.17, 15) is 22.0 Å². The lowest BCUT2D eigenvalue weighted by molar-refractivity contribution is -0.138. The van der Waals surface area contributed by atoms with Gasteiger partial charge in [-0.3, -0.25) is 9.30 Å². The van der Waals surface area contributed by atoms with Crippen LogP contribution in [0.4, 0.5) is 22.0 Å². The molecule has 1 unspecified atom stereocenters. The highest BCUT2D eigenvalue weighted by atomic mass is 19.4. The number of pyridine rings is 1. The number of ether oxygens (including phenoxy) is 1. The SMILES string of the molecule is C.CC1(c2ccc(F)cc2F)COCCN1Cc1ccn2c(CC3CC3)nnc2c1C(F)(F)F. The van der Waals surface area contributed by atoms with Crippen LogP contribution in [-0.2, 0) is 29.4 Å². The predicted molar refractivity (Wildman–Crippen MR) is 116 cm³/mol. The average molecular weight is 482 g/mol. The quantitative estimate of drug-likeness (QED) is 0.459. The first-order valence-electron chi connectivity index (χ1n) is 10.9. The largest absolute Gasteiger partial charge is 0.420 e. The number of benzene rings is 1. The Balaban J connectivity index is 0.00000274. The Hall–Kier alpha value is -2.59. The molecule has 2 aliphatic rings. The van der Waals surface area contributed by atoms with Crippen LogP contribution in [0.15, 0.2) is 30.5 Å². The normalized spacial score (nSPS) is 21.6. The molecule has 0 amide bonds. The predicted octanol–water partition coefficient (Wildman–Crippen LogP) is 5.36. The average Bonchev–Trinajstić information content (AvgIpc) is 3.47. The molecule has 1 saturated carbocycles. The zero-order valence-electron chi connectivity index (χ0n) is 18.0. The van der Waals surface area contributed by atoms with E-state index < -0.39 is 28.9 Å². The fourth-order valence-corrected chi connectivity index (χ4v) is 4.62. The Morgan fingerprint density at radius 3 is 2.59 bits per heavy atom. The van der Waals surface area contributed by atoms with Crippen molar-refractivity contribution in [3.05, 3.63) is 64.6 Å². The van der Waals surface area contributed by atoms with Crippen LogP contribution >= 0.6 is 0 Å². The summed E-state index contributed by atoms with van der Waals surface area (Å²) < 4.78 is 77.8. The van der Waals surface area contributed by atoms with Crippen LogP contribution in [0.2, 0.25) is 0 Å². The van der Waals surface area contributed by atoms with E-state index >= 15 is 0 Å². The Morgan fingerprint density at radius 1 is 1.15 bits per heavy atom. The second kappa shape index (κ2) is 8.88. The van der Waals surface area contributed by atoms with Gasteiger partial charge in [-0.2, -0.15) is 13.2 Å². The summed E-state index contributed by atoms with van der Waals surface area (Å²) in [6.45, 7) is 2.23. The van der Waals surface area contributed by atoms with Crippen molar-refractivity contribution in [1.29, 1.82) is 0 Å². The van der Waals surface area contributed by atoms with Gasteiger partial charge in [-0.1, -0.05) is 13.5 Å². The van der Waals surface area contributed by atoms with Gasteiger partial charge in [0.15, 0.2) is 5.65 Å². The number of hydrogen-bond donors (Lipinski definition) is 0. The van der Waals surface area contributed by atoms with Gasteiger partial charge in [-0.15, -0.1) is 10.2 Å². The molecule has 5 nitrogen and oxygen atoms in total. The van der Waals surface area contributed by atoms with Crippen molar-refractivity contribution in [2.24, 2.45) is 5.92 Å². The number of morpholine rings is 1. The first-order valence-corrected chi connectivity index (χ1v) is 10.9. The highest BCUT2D eigenvalue weighted by molar-refractivity contribution is 5.54. The van der Waals surface area contributed by atoms with E-state index in [4.69, 9.17) is 4.74 Å². The maximum atomic E-state index is 14.7. The fraction of sp³-hybridized carbons (Fsp3) is 0.500. The first-order chi connectivity index (χ1) is 15.7. The lowest BCUT2D eigenvalue weighted by Crippen LogP contribution is -2.52. The van der Waals surface area contributed by atoms with Crippen LogP contribution in [0, 0.1) is 17.6 Å². The van der Waals surface area contributed by atoms with Gasteiger partial charge in [-0.25, -0.2) is 8.78 Å². The van der Waals surface area contributed by atoms with Gasteiger partial charge in [0.1, 0.15) is 23.0 Å². The van der Waals surface area contributed by atoms with E-state index in [1.807, 2.05) is 0 Å². The summed E-state index contributed by atoms with van der Waals surface area (Å²) in [5, 5.41) is 7.91. The van der Waals surface area contributed by atoms with Crippen molar-refractivity contribution < 1.29 is 26.7 Å². The molecule has 1 aromatic carbocycles. The van der Waals surface area contributed by atoms with Gasteiger partial charge < -0.3 is 4.74 Å². The Kier molecular flexibility index (Phi) is 6.41. The summed E-state index contributed by atoms with van der Waals surface area (Å²) >= 11 is 0. The van der Waals surface area contributed by atoms with Crippen molar-refractivity contribution in [3.63, 3.8) is 0 Å². The summed E-state index contributed by atoms with van der Waals surface area (Å²) in [6.07, 6.45) is -0.369. The molecule has 5 rings (SSSR count). The number of rotatable bonds is 5. The zero-order valence-corrected chi connectivity index (χ0v) is 18.0. The molecule has 2 aromatic heterocycles.